The summed E-state index contributed by atoms with van der Waals surface area (Å²) in [6.07, 6.45) is 3.41. The summed E-state index contributed by atoms with van der Waals surface area (Å²) < 4.78 is 0. The standard InChI is InChI=1S/C19H20ClN5O/c1-24-8-10-25(11-9-24)17-3-2-13(20)12-16(17)23-19(26)15-5-7-22-18-14(15)4-6-21-18/h2-7,12H,8-11H2,1H3,(H,21,22)(H,23,26). The predicted octanol–water partition coefficient (Wildman–Crippen LogP) is 3.22. The minimum absolute atomic E-state index is 0.172. The molecular weight excluding hydrogens is 350 g/mol. The molecule has 7 heteroatoms. The Hall–Kier alpha value is -2.57. The Labute approximate surface area is 156 Å². The molecule has 134 valence electrons. The van der Waals surface area contributed by atoms with Gasteiger partial charge in [0, 0.05) is 49.0 Å². The molecule has 0 unspecified atom stereocenters. The average Bonchev–Trinajstić information content (AvgIpc) is 3.11. The molecule has 0 spiro atoms. The van der Waals surface area contributed by atoms with Gasteiger partial charge in [0.25, 0.3) is 5.91 Å². The van der Waals surface area contributed by atoms with Crippen LogP contribution in [-0.4, -0.2) is 54.0 Å². The van der Waals surface area contributed by atoms with Crippen molar-refractivity contribution < 1.29 is 4.79 Å². The van der Waals surface area contributed by atoms with Crippen LogP contribution >= 0.6 is 11.6 Å². The molecule has 6 nitrogen and oxygen atoms in total. The van der Waals surface area contributed by atoms with Crippen LogP contribution in [0.1, 0.15) is 10.4 Å². The van der Waals surface area contributed by atoms with Crippen molar-refractivity contribution in [2.24, 2.45) is 0 Å². The zero-order valence-corrected chi connectivity index (χ0v) is 15.3. The summed E-state index contributed by atoms with van der Waals surface area (Å²) in [6.45, 7) is 3.81. The van der Waals surface area contributed by atoms with Gasteiger partial charge in [-0.2, -0.15) is 0 Å². The second kappa shape index (κ2) is 6.97. The predicted molar refractivity (Wildman–Crippen MR) is 105 cm³/mol. The molecule has 0 atom stereocenters. The smallest absolute Gasteiger partial charge is 0.256 e. The first-order valence-corrected chi connectivity index (χ1v) is 8.96. The molecule has 1 aliphatic rings. The van der Waals surface area contributed by atoms with Crippen LogP contribution in [0.5, 0.6) is 0 Å². The van der Waals surface area contributed by atoms with Crippen molar-refractivity contribution in [1.82, 2.24) is 14.9 Å². The minimum atomic E-state index is -0.172. The molecule has 0 radical (unpaired) electrons. The van der Waals surface area contributed by atoms with Gasteiger partial charge in [-0.25, -0.2) is 4.98 Å². The van der Waals surface area contributed by atoms with Crippen LogP contribution in [0, 0.1) is 0 Å². The van der Waals surface area contributed by atoms with E-state index in [4.69, 9.17) is 11.6 Å². The second-order valence-corrected chi connectivity index (χ2v) is 6.94. The summed E-state index contributed by atoms with van der Waals surface area (Å²) in [5, 5.41) is 4.43. The van der Waals surface area contributed by atoms with E-state index < -0.39 is 0 Å². The number of hydrogen-bond donors (Lipinski definition) is 2. The number of carbonyl (C=O) groups is 1. The lowest BCUT2D eigenvalue weighted by molar-refractivity contribution is 0.102. The highest BCUT2D eigenvalue weighted by Crippen LogP contribution is 2.31. The minimum Gasteiger partial charge on any atom is -0.367 e. The number of H-pyrrole nitrogens is 1. The summed E-state index contributed by atoms with van der Waals surface area (Å²) >= 11 is 6.19. The number of halogens is 1. The highest BCUT2D eigenvalue weighted by Gasteiger charge is 2.19. The highest BCUT2D eigenvalue weighted by molar-refractivity contribution is 6.31. The summed E-state index contributed by atoms with van der Waals surface area (Å²) in [5.41, 5.74) is 3.01. The highest BCUT2D eigenvalue weighted by atomic mass is 35.5. The lowest BCUT2D eigenvalue weighted by Crippen LogP contribution is -2.44. The number of hydrogen-bond acceptors (Lipinski definition) is 4. The van der Waals surface area contributed by atoms with Crippen LogP contribution in [0.3, 0.4) is 0 Å². The van der Waals surface area contributed by atoms with Gasteiger partial charge in [0.2, 0.25) is 0 Å². The van der Waals surface area contributed by atoms with E-state index in [0.717, 1.165) is 42.9 Å². The van der Waals surface area contributed by atoms with Crippen molar-refractivity contribution in [3.8, 4) is 0 Å². The van der Waals surface area contributed by atoms with Crippen LogP contribution in [-0.2, 0) is 0 Å². The van der Waals surface area contributed by atoms with E-state index in [1.165, 1.54) is 0 Å². The summed E-state index contributed by atoms with van der Waals surface area (Å²) in [5.74, 6) is -0.172. The van der Waals surface area contributed by atoms with Gasteiger partial charge in [0.05, 0.1) is 16.9 Å². The number of likely N-dealkylation sites (N-methyl/N-ethyl adjacent to an activating group) is 1. The Bertz CT molecular complexity index is 946. The summed E-state index contributed by atoms with van der Waals surface area (Å²) in [6, 6.07) is 9.23. The maximum atomic E-state index is 12.9. The number of rotatable bonds is 3. The van der Waals surface area contributed by atoms with Gasteiger partial charge >= 0.3 is 0 Å². The number of fused-ring (bicyclic) bond motifs is 1. The molecule has 1 aromatic carbocycles. The number of nitrogens with one attached hydrogen (secondary N) is 2. The number of aromatic amines is 1. The van der Waals surface area contributed by atoms with Crippen LogP contribution in [0.25, 0.3) is 11.0 Å². The number of aromatic nitrogens is 2. The maximum Gasteiger partial charge on any atom is 0.256 e. The molecule has 3 heterocycles. The number of anilines is 2. The maximum absolute atomic E-state index is 12.9. The van der Waals surface area contributed by atoms with E-state index in [2.05, 4.69) is 32.1 Å². The first-order chi connectivity index (χ1) is 12.6. The fourth-order valence-corrected chi connectivity index (χ4v) is 3.45. The molecule has 1 amide bonds. The van der Waals surface area contributed by atoms with E-state index in [1.54, 1.807) is 18.5 Å². The SMILES string of the molecule is CN1CCN(c2ccc(Cl)cc2NC(=O)c2ccnc3[nH]ccc23)CC1. The Balaban J connectivity index is 1.64. The molecule has 3 aromatic rings. The van der Waals surface area contributed by atoms with Crippen LogP contribution in [0.15, 0.2) is 42.7 Å². The molecule has 1 aliphatic heterocycles. The number of nitrogens with zero attached hydrogens (tertiary/aromatic N) is 3. The molecule has 0 aliphatic carbocycles. The number of carbonyl (C=O) groups excluding carboxylic acids is 1. The third-order valence-electron chi connectivity index (χ3n) is 4.76. The summed E-state index contributed by atoms with van der Waals surface area (Å²) in [7, 11) is 2.12. The van der Waals surface area contributed by atoms with Gasteiger partial charge in [0.15, 0.2) is 0 Å². The molecule has 4 rings (SSSR count). The normalized spacial score (nSPS) is 15.4. The van der Waals surface area contributed by atoms with Gasteiger partial charge in [-0.15, -0.1) is 0 Å². The molecular formula is C19H20ClN5O. The number of piperazine rings is 1. The van der Waals surface area contributed by atoms with E-state index in [9.17, 15) is 4.79 Å². The fraction of sp³-hybridized carbons (Fsp3) is 0.263. The van der Waals surface area contributed by atoms with E-state index in [-0.39, 0.29) is 5.91 Å². The lowest BCUT2D eigenvalue weighted by Gasteiger charge is -2.35. The number of pyridine rings is 1. The third kappa shape index (κ3) is 3.25. The van der Waals surface area contributed by atoms with Crippen molar-refractivity contribution in [1.29, 1.82) is 0 Å². The molecule has 1 fully saturated rings. The first kappa shape index (κ1) is 16.9. The Morgan fingerprint density at radius 3 is 2.81 bits per heavy atom. The van der Waals surface area contributed by atoms with Crippen molar-refractivity contribution in [2.45, 2.75) is 0 Å². The molecule has 0 bridgehead atoms. The average molecular weight is 370 g/mol. The quantitative estimate of drug-likeness (QED) is 0.744. The van der Waals surface area contributed by atoms with Gasteiger partial charge in [-0.3, -0.25) is 4.79 Å². The zero-order chi connectivity index (χ0) is 18.1. The Morgan fingerprint density at radius 2 is 2.00 bits per heavy atom. The van der Waals surface area contributed by atoms with Crippen molar-refractivity contribution >= 4 is 39.9 Å². The second-order valence-electron chi connectivity index (χ2n) is 6.50. The van der Waals surface area contributed by atoms with Crippen molar-refractivity contribution in [2.75, 3.05) is 43.4 Å². The fourth-order valence-electron chi connectivity index (χ4n) is 3.28. The number of benzene rings is 1. The lowest BCUT2D eigenvalue weighted by atomic mass is 10.1. The Kier molecular flexibility index (Phi) is 4.53. The largest absolute Gasteiger partial charge is 0.367 e. The van der Waals surface area contributed by atoms with Crippen molar-refractivity contribution in [3.05, 3.63) is 53.3 Å². The van der Waals surface area contributed by atoms with Crippen LogP contribution < -0.4 is 10.2 Å². The molecule has 2 N–H and O–H groups in total. The topological polar surface area (TPSA) is 64.3 Å². The van der Waals surface area contributed by atoms with E-state index in [1.807, 2.05) is 24.3 Å². The monoisotopic (exact) mass is 369 g/mol. The molecule has 2 aromatic heterocycles. The molecule has 26 heavy (non-hydrogen) atoms. The third-order valence-corrected chi connectivity index (χ3v) is 4.99. The van der Waals surface area contributed by atoms with Gasteiger partial charge in [-0.05, 0) is 37.4 Å². The molecule has 0 saturated carbocycles. The number of amides is 1. The van der Waals surface area contributed by atoms with Gasteiger partial charge in [-0.1, -0.05) is 11.6 Å². The van der Waals surface area contributed by atoms with E-state index in [0.29, 0.717) is 16.2 Å². The molecule has 1 saturated heterocycles. The zero-order valence-electron chi connectivity index (χ0n) is 14.5. The van der Waals surface area contributed by atoms with Crippen LogP contribution in [0.4, 0.5) is 11.4 Å². The van der Waals surface area contributed by atoms with Crippen molar-refractivity contribution in [3.63, 3.8) is 0 Å². The van der Waals surface area contributed by atoms with E-state index >= 15 is 0 Å². The van der Waals surface area contributed by atoms with Crippen LogP contribution in [0.2, 0.25) is 5.02 Å². The first-order valence-electron chi connectivity index (χ1n) is 8.58. The summed E-state index contributed by atoms with van der Waals surface area (Å²) in [4.78, 5) is 24.7. The van der Waals surface area contributed by atoms with Gasteiger partial charge < -0.3 is 20.1 Å². The van der Waals surface area contributed by atoms with Gasteiger partial charge in [0.1, 0.15) is 5.65 Å². The Morgan fingerprint density at radius 1 is 1.19 bits per heavy atom.